The summed E-state index contributed by atoms with van der Waals surface area (Å²) in [5, 5.41) is 2.39. The van der Waals surface area contributed by atoms with Gasteiger partial charge in [0.2, 0.25) is 0 Å². The van der Waals surface area contributed by atoms with Gasteiger partial charge < -0.3 is 10.1 Å². The Hall–Kier alpha value is -0.880. The number of methoxy groups -OCH3 is 1. The maximum atomic E-state index is 10.5. The second kappa shape index (κ2) is 4.09. The van der Waals surface area contributed by atoms with Crippen LogP contribution in [0.15, 0.2) is 0 Å². The molecular weight excluding hydrogens is 166 g/mol. The van der Waals surface area contributed by atoms with Crippen molar-refractivity contribution in [1.29, 1.82) is 0 Å². The molecule has 0 unspecified atom stereocenters. The lowest BCUT2D eigenvalue weighted by atomic mass is 10.2. The summed E-state index contributed by atoms with van der Waals surface area (Å²) in [5.74, 6) is 2.32. The number of hydrogen-bond donors (Lipinski definition) is 1. The van der Waals surface area contributed by atoms with Crippen LogP contribution < -0.4 is 5.32 Å². The summed E-state index contributed by atoms with van der Waals surface area (Å²) in [5.41, 5.74) is 0. The molecule has 0 fully saturated rings. The van der Waals surface area contributed by atoms with E-state index in [9.17, 15) is 4.79 Å². The summed E-state index contributed by atoms with van der Waals surface area (Å²) < 4.78 is 4.31. The zero-order valence-electron chi connectivity index (χ0n) is 6.48. The molecule has 0 saturated carbocycles. The molecule has 0 heterocycles. The standard InChI is InChI=1S/C7H10ClNO2/c1-4-7(2,8)5-9-6(10)11-3/h1H,5H2,2-3H3,(H,9,10)/t7-/m0/s1. The van der Waals surface area contributed by atoms with E-state index in [1.165, 1.54) is 7.11 Å². The maximum absolute atomic E-state index is 10.5. The quantitative estimate of drug-likeness (QED) is 0.502. The smallest absolute Gasteiger partial charge is 0.406 e. The lowest BCUT2D eigenvalue weighted by Crippen LogP contribution is -2.35. The fourth-order valence-corrected chi connectivity index (χ4v) is 0.428. The van der Waals surface area contributed by atoms with E-state index in [-0.39, 0.29) is 6.54 Å². The van der Waals surface area contributed by atoms with E-state index in [0.29, 0.717) is 0 Å². The summed E-state index contributed by atoms with van der Waals surface area (Å²) in [6, 6.07) is 0. The van der Waals surface area contributed by atoms with Gasteiger partial charge in [-0.05, 0) is 6.92 Å². The fourth-order valence-electron chi connectivity index (χ4n) is 0.361. The van der Waals surface area contributed by atoms with Crippen molar-refractivity contribution >= 4 is 17.7 Å². The van der Waals surface area contributed by atoms with Crippen molar-refractivity contribution in [2.45, 2.75) is 11.8 Å². The zero-order chi connectivity index (χ0) is 8.91. The molecule has 0 rings (SSSR count). The molecule has 3 nitrogen and oxygen atoms in total. The second-order valence-electron chi connectivity index (χ2n) is 2.19. The molecule has 0 aromatic heterocycles. The van der Waals surface area contributed by atoms with Crippen molar-refractivity contribution in [3.63, 3.8) is 0 Å². The summed E-state index contributed by atoms with van der Waals surface area (Å²) in [4.78, 5) is 9.67. The van der Waals surface area contributed by atoms with Gasteiger partial charge in [0.1, 0.15) is 4.87 Å². The first kappa shape index (κ1) is 10.1. The minimum atomic E-state index is -0.839. The lowest BCUT2D eigenvalue weighted by molar-refractivity contribution is 0.170. The first-order valence-electron chi connectivity index (χ1n) is 3.00. The van der Waals surface area contributed by atoms with Crippen LogP contribution in [0, 0.1) is 12.3 Å². The molecule has 0 aliphatic heterocycles. The van der Waals surface area contributed by atoms with Gasteiger partial charge in [0, 0.05) is 0 Å². The Morgan fingerprint density at radius 1 is 1.91 bits per heavy atom. The Morgan fingerprint density at radius 2 is 2.45 bits per heavy atom. The number of hydrogen-bond acceptors (Lipinski definition) is 2. The van der Waals surface area contributed by atoms with Crippen LogP contribution >= 0.6 is 11.6 Å². The van der Waals surface area contributed by atoms with E-state index in [0.717, 1.165) is 0 Å². The van der Waals surface area contributed by atoms with Gasteiger partial charge in [0.05, 0.1) is 13.7 Å². The predicted molar refractivity (Wildman–Crippen MR) is 43.5 cm³/mol. The van der Waals surface area contributed by atoms with Crippen LogP contribution in [-0.2, 0) is 4.74 Å². The maximum Gasteiger partial charge on any atom is 0.406 e. The Labute approximate surface area is 71.1 Å². The molecule has 4 heteroatoms. The van der Waals surface area contributed by atoms with Crippen molar-refractivity contribution in [2.75, 3.05) is 13.7 Å². The number of terminal acetylenes is 1. The average Bonchev–Trinajstić information content (AvgIpc) is 2.00. The number of nitrogens with one attached hydrogen (secondary N) is 1. The third-order valence-corrected chi connectivity index (χ3v) is 1.29. The van der Waals surface area contributed by atoms with Crippen molar-refractivity contribution in [3.05, 3.63) is 0 Å². The molecule has 62 valence electrons. The van der Waals surface area contributed by atoms with Gasteiger partial charge >= 0.3 is 6.09 Å². The number of rotatable bonds is 2. The summed E-state index contributed by atoms with van der Waals surface area (Å²) in [7, 11) is 1.27. The molecular formula is C7H10ClNO2. The molecule has 1 N–H and O–H groups in total. The van der Waals surface area contributed by atoms with Gasteiger partial charge in [-0.2, -0.15) is 0 Å². The van der Waals surface area contributed by atoms with Crippen LogP contribution in [0.5, 0.6) is 0 Å². The van der Waals surface area contributed by atoms with Crippen LogP contribution in [-0.4, -0.2) is 24.6 Å². The van der Waals surface area contributed by atoms with E-state index in [4.69, 9.17) is 18.0 Å². The second-order valence-corrected chi connectivity index (χ2v) is 3.02. The van der Waals surface area contributed by atoms with Crippen molar-refractivity contribution in [1.82, 2.24) is 5.32 Å². The highest BCUT2D eigenvalue weighted by Gasteiger charge is 2.17. The number of alkyl halides is 1. The molecule has 1 atom stereocenters. The third kappa shape index (κ3) is 4.51. The van der Waals surface area contributed by atoms with Crippen LogP contribution in [0.1, 0.15) is 6.92 Å². The highest BCUT2D eigenvalue weighted by Crippen LogP contribution is 2.09. The number of amides is 1. The molecule has 0 aromatic carbocycles. The van der Waals surface area contributed by atoms with Gasteiger partial charge in [0.15, 0.2) is 0 Å². The number of carbonyl (C=O) groups excluding carboxylic acids is 1. The summed E-state index contributed by atoms with van der Waals surface area (Å²) >= 11 is 5.72. The van der Waals surface area contributed by atoms with Crippen molar-refractivity contribution in [3.8, 4) is 12.3 Å². The van der Waals surface area contributed by atoms with Crippen LogP contribution in [0.4, 0.5) is 4.79 Å². The van der Waals surface area contributed by atoms with E-state index in [1.807, 2.05) is 0 Å². The zero-order valence-corrected chi connectivity index (χ0v) is 7.23. The van der Waals surface area contributed by atoms with Gasteiger partial charge in [0.25, 0.3) is 0 Å². The van der Waals surface area contributed by atoms with Gasteiger partial charge in [-0.25, -0.2) is 4.79 Å². The van der Waals surface area contributed by atoms with Gasteiger partial charge in [-0.3, -0.25) is 0 Å². The van der Waals surface area contributed by atoms with Crippen LogP contribution in [0.3, 0.4) is 0 Å². The monoisotopic (exact) mass is 175 g/mol. The lowest BCUT2D eigenvalue weighted by Gasteiger charge is -2.14. The largest absolute Gasteiger partial charge is 0.453 e. The molecule has 0 spiro atoms. The van der Waals surface area contributed by atoms with E-state index < -0.39 is 11.0 Å². The topological polar surface area (TPSA) is 38.3 Å². The molecule has 1 amide bonds. The Kier molecular flexibility index (Phi) is 3.77. The normalized spacial score (nSPS) is 14.4. The number of ether oxygens (including phenoxy) is 1. The highest BCUT2D eigenvalue weighted by molar-refractivity contribution is 6.26. The Bertz CT molecular complexity index is 183. The van der Waals surface area contributed by atoms with E-state index in [2.05, 4.69) is 16.0 Å². The first-order chi connectivity index (χ1) is 5.02. The fraction of sp³-hybridized carbons (Fsp3) is 0.571. The molecule has 0 aliphatic rings. The van der Waals surface area contributed by atoms with Crippen molar-refractivity contribution in [2.24, 2.45) is 0 Å². The number of halogens is 1. The van der Waals surface area contributed by atoms with Gasteiger partial charge in [-0.15, -0.1) is 18.0 Å². The molecule has 0 bridgehead atoms. The Balaban J connectivity index is 3.72. The highest BCUT2D eigenvalue weighted by atomic mass is 35.5. The molecule has 0 saturated heterocycles. The van der Waals surface area contributed by atoms with Crippen LogP contribution in [0.2, 0.25) is 0 Å². The van der Waals surface area contributed by atoms with E-state index in [1.54, 1.807) is 6.92 Å². The molecule has 11 heavy (non-hydrogen) atoms. The molecule has 0 aliphatic carbocycles. The number of alkyl carbamates (subject to hydrolysis) is 1. The predicted octanol–water partition coefficient (Wildman–Crippen LogP) is 0.973. The molecule has 0 radical (unpaired) electrons. The van der Waals surface area contributed by atoms with Crippen LogP contribution in [0.25, 0.3) is 0 Å². The third-order valence-electron chi connectivity index (χ3n) is 1.05. The minimum absolute atomic E-state index is 0.192. The van der Waals surface area contributed by atoms with Crippen molar-refractivity contribution < 1.29 is 9.53 Å². The van der Waals surface area contributed by atoms with Gasteiger partial charge in [-0.1, -0.05) is 5.92 Å². The number of carbonyl (C=O) groups is 1. The molecule has 0 aromatic rings. The Morgan fingerprint density at radius 3 is 2.82 bits per heavy atom. The van der Waals surface area contributed by atoms with E-state index >= 15 is 0 Å². The summed E-state index contributed by atoms with van der Waals surface area (Å²) in [6.07, 6.45) is 4.52. The summed E-state index contributed by atoms with van der Waals surface area (Å²) in [6.45, 7) is 1.82. The minimum Gasteiger partial charge on any atom is -0.453 e. The SMILES string of the molecule is C#C[C@](C)(Cl)CNC(=O)OC. The first-order valence-corrected chi connectivity index (χ1v) is 3.38. The average molecular weight is 176 g/mol.